The summed E-state index contributed by atoms with van der Waals surface area (Å²) in [5.41, 5.74) is 0.395. The van der Waals surface area contributed by atoms with E-state index >= 15 is 0 Å². The van der Waals surface area contributed by atoms with Crippen LogP contribution in [0.2, 0.25) is 0 Å². The number of nitrogens with one attached hydrogen (secondary N) is 1. The molecule has 0 aliphatic heterocycles. The number of rotatable bonds is 7. The lowest BCUT2D eigenvalue weighted by atomic mass is 10.0. The Labute approximate surface area is 112 Å². The molecule has 19 heavy (non-hydrogen) atoms. The van der Waals surface area contributed by atoms with E-state index in [4.69, 9.17) is 9.47 Å². The molecule has 0 bridgehead atoms. The van der Waals surface area contributed by atoms with Gasteiger partial charge in [0.1, 0.15) is 5.69 Å². The number of benzene rings is 1. The number of anilines is 1. The molecule has 1 unspecified atom stereocenters. The van der Waals surface area contributed by atoms with Gasteiger partial charge in [0.2, 0.25) is 0 Å². The molecule has 0 saturated heterocycles. The van der Waals surface area contributed by atoms with Crippen LogP contribution < -0.4 is 10.1 Å². The van der Waals surface area contributed by atoms with Crippen molar-refractivity contribution in [3.8, 4) is 5.75 Å². The predicted molar refractivity (Wildman–Crippen MR) is 73.8 cm³/mol. The highest BCUT2D eigenvalue weighted by Crippen LogP contribution is 2.35. The highest BCUT2D eigenvalue weighted by atomic mass is 16.6. The van der Waals surface area contributed by atoms with E-state index in [1.807, 2.05) is 13.8 Å². The molecule has 106 valence electrons. The molecule has 1 N–H and O–H groups in total. The molecule has 1 aromatic rings. The molecule has 1 rings (SSSR count). The van der Waals surface area contributed by atoms with E-state index in [2.05, 4.69) is 5.32 Å². The Hall–Kier alpha value is -1.82. The summed E-state index contributed by atoms with van der Waals surface area (Å²) in [5.74, 6) is 0.528. The molecular weight excluding hydrogens is 248 g/mol. The van der Waals surface area contributed by atoms with Crippen LogP contribution in [0.15, 0.2) is 18.2 Å². The van der Waals surface area contributed by atoms with Crippen molar-refractivity contribution in [1.82, 2.24) is 0 Å². The maximum absolute atomic E-state index is 11.2. The Morgan fingerprint density at radius 2 is 2.05 bits per heavy atom. The number of ether oxygens (including phenoxy) is 2. The SMILES string of the molecule is COCC(Nc1cccc(OC)c1[N+](=O)[O-])C(C)C. The van der Waals surface area contributed by atoms with Gasteiger partial charge in [0, 0.05) is 7.11 Å². The maximum Gasteiger partial charge on any atom is 0.333 e. The van der Waals surface area contributed by atoms with Crippen LogP contribution in [-0.4, -0.2) is 31.8 Å². The maximum atomic E-state index is 11.2. The molecule has 0 saturated carbocycles. The third-order valence-corrected chi connectivity index (χ3v) is 2.89. The monoisotopic (exact) mass is 268 g/mol. The molecular formula is C13H20N2O4. The summed E-state index contributed by atoms with van der Waals surface area (Å²) in [6.45, 7) is 4.54. The first-order chi connectivity index (χ1) is 9.01. The number of hydrogen-bond acceptors (Lipinski definition) is 5. The molecule has 0 aromatic heterocycles. The van der Waals surface area contributed by atoms with Crippen LogP contribution in [0.4, 0.5) is 11.4 Å². The lowest BCUT2D eigenvalue weighted by Gasteiger charge is -2.22. The Morgan fingerprint density at radius 3 is 2.53 bits per heavy atom. The molecule has 0 fully saturated rings. The Bertz CT molecular complexity index is 435. The average Bonchev–Trinajstić information content (AvgIpc) is 2.37. The molecule has 0 aliphatic rings. The summed E-state index contributed by atoms with van der Waals surface area (Å²) in [6.07, 6.45) is 0. The Morgan fingerprint density at radius 1 is 1.37 bits per heavy atom. The zero-order valence-corrected chi connectivity index (χ0v) is 11.7. The van der Waals surface area contributed by atoms with E-state index in [-0.39, 0.29) is 23.4 Å². The van der Waals surface area contributed by atoms with Crippen LogP contribution in [0.25, 0.3) is 0 Å². The van der Waals surface area contributed by atoms with Crippen LogP contribution in [0.5, 0.6) is 5.75 Å². The minimum atomic E-state index is -0.439. The normalized spacial score (nSPS) is 12.3. The summed E-state index contributed by atoms with van der Waals surface area (Å²) in [5, 5.41) is 14.3. The van der Waals surface area contributed by atoms with Gasteiger partial charge in [0.15, 0.2) is 5.75 Å². The van der Waals surface area contributed by atoms with Crippen LogP contribution in [0.3, 0.4) is 0 Å². The largest absolute Gasteiger partial charge is 0.490 e. The third kappa shape index (κ3) is 3.82. The fourth-order valence-electron chi connectivity index (χ4n) is 1.77. The van der Waals surface area contributed by atoms with Crippen molar-refractivity contribution in [2.45, 2.75) is 19.9 Å². The molecule has 0 aliphatic carbocycles. The van der Waals surface area contributed by atoms with E-state index in [0.29, 0.717) is 12.3 Å². The first-order valence-corrected chi connectivity index (χ1v) is 6.08. The van der Waals surface area contributed by atoms with Gasteiger partial charge in [-0.05, 0) is 18.1 Å². The second-order valence-corrected chi connectivity index (χ2v) is 4.56. The van der Waals surface area contributed by atoms with Crippen molar-refractivity contribution in [3.05, 3.63) is 28.3 Å². The lowest BCUT2D eigenvalue weighted by Crippen LogP contribution is -2.30. The van der Waals surface area contributed by atoms with Crippen molar-refractivity contribution in [3.63, 3.8) is 0 Å². The fraction of sp³-hybridized carbons (Fsp3) is 0.538. The van der Waals surface area contributed by atoms with Gasteiger partial charge in [0.25, 0.3) is 0 Å². The quantitative estimate of drug-likeness (QED) is 0.608. The summed E-state index contributed by atoms with van der Waals surface area (Å²) in [4.78, 5) is 10.7. The minimum absolute atomic E-state index is 0.00388. The van der Waals surface area contributed by atoms with Crippen LogP contribution in [0.1, 0.15) is 13.8 Å². The first kappa shape index (κ1) is 15.2. The van der Waals surface area contributed by atoms with E-state index in [1.54, 1.807) is 25.3 Å². The van der Waals surface area contributed by atoms with Crippen molar-refractivity contribution < 1.29 is 14.4 Å². The van der Waals surface area contributed by atoms with Crippen molar-refractivity contribution >= 4 is 11.4 Å². The second kappa shape index (κ2) is 6.94. The van der Waals surface area contributed by atoms with Crippen LogP contribution >= 0.6 is 0 Å². The van der Waals surface area contributed by atoms with Gasteiger partial charge in [-0.15, -0.1) is 0 Å². The third-order valence-electron chi connectivity index (χ3n) is 2.89. The minimum Gasteiger partial charge on any atom is -0.490 e. The van der Waals surface area contributed by atoms with Gasteiger partial charge in [0.05, 0.1) is 24.7 Å². The number of para-hydroxylation sites is 1. The molecule has 6 nitrogen and oxygen atoms in total. The zero-order chi connectivity index (χ0) is 14.4. The predicted octanol–water partition coefficient (Wildman–Crippen LogP) is 2.69. The smallest absolute Gasteiger partial charge is 0.333 e. The standard InChI is InChI=1S/C13H20N2O4/c1-9(2)11(8-18-3)14-10-6-5-7-12(19-4)13(10)15(16)17/h5-7,9,11,14H,8H2,1-4H3. The van der Waals surface area contributed by atoms with E-state index in [9.17, 15) is 10.1 Å². The van der Waals surface area contributed by atoms with Crippen LogP contribution in [-0.2, 0) is 4.74 Å². The van der Waals surface area contributed by atoms with Gasteiger partial charge in [-0.25, -0.2) is 0 Å². The van der Waals surface area contributed by atoms with Crippen molar-refractivity contribution in [2.75, 3.05) is 26.1 Å². The fourth-order valence-corrected chi connectivity index (χ4v) is 1.77. The van der Waals surface area contributed by atoms with Gasteiger partial charge in [-0.3, -0.25) is 10.1 Å². The van der Waals surface area contributed by atoms with Crippen LogP contribution in [0, 0.1) is 16.0 Å². The number of nitro benzene ring substituents is 1. The van der Waals surface area contributed by atoms with Crippen molar-refractivity contribution in [2.24, 2.45) is 5.92 Å². The van der Waals surface area contributed by atoms with E-state index in [0.717, 1.165) is 0 Å². The molecule has 0 heterocycles. The van der Waals surface area contributed by atoms with Gasteiger partial charge in [-0.2, -0.15) is 0 Å². The number of methoxy groups -OCH3 is 2. The highest BCUT2D eigenvalue weighted by molar-refractivity contribution is 5.68. The summed E-state index contributed by atoms with van der Waals surface area (Å²) in [7, 11) is 3.03. The molecule has 0 spiro atoms. The first-order valence-electron chi connectivity index (χ1n) is 6.08. The molecule has 1 atom stereocenters. The summed E-state index contributed by atoms with van der Waals surface area (Å²) in [6, 6.07) is 4.96. The zero-order valence-electron chi connectivity index (χ0n) is 11.7. The van der Waals surface area contributed by atoms with Gasteiger partial charge < -0.3 is 14.8 Å². The molecule has 6 heteroatoms. The van der Waals surface area contributed by atoms with E-state index in [1.165, 1.54) is 7.11 Å². The highest BCUT2D eigenvalue weighted by Gasteiger charge is 2.23. The number of hydrogen-bond donors (Lipinski definition) is 1. The topological polar surface area (TPSA) is 73.6 Å². The molecule has 0 amide bonds. The Kier molecular flexibility index (Phi) is 5.57. The van der Waals surface area contributed by atoms with Crippen molar-refractivity contribution in [1.29, 1.82) is 0 Å². The Balaban J connectivity index is 3.08. The van der Waals surface area contributed by atoms with Gasteiger partial charge >= 0.3 is 5.69 Å². The number of nitrogens with zero attached hydrogens (tertiary/aromatic N) is 1. The number of nitro groups is 1. The average molecular weight is 268 g/mol. The van der Waals surface area contributed by atoms with E-state index < -0.39 is 4.92 Å². The molecule has 0 radical (unpaired) electrons. The molecule has 1 aromatic carbocycles. The van der Waals surface area contributed by atoms with Gasteiger partial charge in [-0.1, -0.05) is 19.9 Å². The lowest BCUT2D eigenvalue weighted by molar-refractivity contribution is -0.384. The summed E-state index contributed by atoms with van der Waals surface area (Å²) < 4.78 is 10.2. The summed E-state index contributed by atoms with van der Waals surface area (Å²) >= 11 is 0. The second-order valence-electron chi connectivity index (χ2n) is 4.56.